The largest absolute Gasteiger partial charge is 0.507 e. The highest BCUT2D eigenvalue weighted by molar-refractivity contribution is 6.50. The van der Waals surface area contributed by atoms with E-state index in [0.717, 1.165) is 12.8 Å². The van der Waals surface area contributed by atoms with Gasteiger partial charge in [0.25, 0.3) is 0 Å². The summed E-state index contributed by atoms with van der Waals surface area (Å²) in [6.45, 7) is 9.40. The van der Waals surface area contributed by atoms with E-state index in [1.807, 2.05) is 6.92 Å². The van der Waals surface area contributed by atoms with E-state index >= 15 is 0 Å². The summed E-state index contributed by atoms with van der Waals surface area (Å²) in [5.41, 5.74) is -0.517. The molecule has 0 aromatic heterocycles. The molecule has 3 N–H and O–H groups in total. The van der Waals surface area contributed by atoms with E-state index < -0.39 is 35.1 Å². The van der Waals surface area contributed by atoms with Crippen LogP contribution >= 0.6 is 0 Å². The summed E-state index contributed by atoms with van der Waals surface area (Å²) in [4.78, 5) is 26.2. The molecule has 0 spiro atoms. The lowest BCUT2D eigenvalue weighted by Crippen LogP contribution is -2.60. The van der Waals surface area contributed by atoms with E-state index in [-0.39, 0.29) is 34.8 Å². The van der Waals surface area contributed by atoms with Gasteiger partial charge < -0.3 is 20.1 Å². The number of fused-ring (bicyclic) bond motifs is 2. The molecule has 3 rings (SSSR count). The molecule has 1 fully saturated rings. The average molecular weight is 392 g/mol. The van der Waals surface area contributed by atoms with E-state index in [9.17, 15) is 24.9 Å². The average Bonchev–Trinajstić information content (AvgIpc) is 2.61. The minimum absolute atomic E-state index is 0.0831. The zero-order valence-electron chi connectivity index (χ0n) is 17.4. The van der Waals surface area contributed by atoms with Gasteiger partial charge in [-0.1, -0.05) is 34.1 Å². The number of ether oxygens (including phenoxy) is 1. The SMILES string of the molecule is CCO[C@H]1C2=C(C(=O)C(=O)C([C@@H](C)CO)=C2O)[C@@]2(C)CCCC(C)(C)[C@@H]2[C@@H]1O. The summed E-state index contributed by atoms with van der Waals surface area (Å²) >= 11 is 0. The van der Waals surface area contributed by atoms with E-state index in [1.54, 1.807) is 13.8 Å². The van der Waals surface area contributed by atoms with Crippen molar-refractivity contribution in [3.05, 3.63) is 22.5 Å². The predicted octanol–water partition coefficient (Wildman–Crippen LogP) is 2.49. The number of carbonyl (C=O) groups excluding carboxylic acids is 2. The Hall–Kier alpha value is -1.50. The molecule has 6 nitrogen and oxygen atoms in total. The number of aliphatic hydroxyl groups excluding tert-OH is 3. The summed E-state index contributed by atoms with van der Waals surface area (Å²) in [6.07, 6.45) is 0.644. The molecular formula is C22H32O6. The van der Waals surface area contributed by atoms with E-state index in [1.165, 1.54) is 0 Å². The van der Waals surface area contributed by atoms with Crippen LogP contribution in [0.4, 0.5) is 0 Å². The van der Waals surface area contributed by atoms with Crippen LogP contribution in [0.25, 0.3) is 0 Å². The number of hydrogen-bond donors (Lipinski definition) is 3. The second kappa shape index (κ2) is 7.08. The second-order valence-corrected chi connectivity index (χ2v) is 9.40. The van der Waals surface area contributed by atoms with Crippen LogP contribution in [0.3, 0.4) is 0 Å². The van der Waals surface area contributed by atoms with Crippen LogP contribution in [0, 0.1) is 22.7 Å². The zero-order chi connectivity index (χ0) is 21.0. The molecule has 0 bridgehead atoms. The molecule has 0 amide bonds. The maximum Gasteiger partial charge on any atom is 0.233 e. The summed E-state index contributed by atoms with van der Waals surface area (Å²) in [7, 11) is 0. The van der Waals surface area contributed by atoms with Crippen LogP contribution < -0.4 is 0 Å². The Balaban J connectivity index is 2.33. The smallest absolute Gasteiger partial charge is 0.233 e. The molecule has 6 heteroatoms. The number of allylic oxidation sites excluding steroid dienone is 1. The highest BCUT2D eigenvalue weighted by Gasteiger charge is 2.61. The Bertz CT molecular complexity index is 761. The third kappa shape index (κ3) is 2.80. The molecule has 0 radical (unpaired) electrons. The van der Waals surface area contributed by atoms with Crippen molar-refractivity contribution in [3.63, 3.8) is 0 Å². The third-order valence-electron chi connectivity index (χ3n) is 7.12. The molecule has 3 aliphatic carbocycles. The van der Waals surface area contributed by atoms with Crippen molar-refractivity contribution in [2.45, 2.75) is 66.1 Å². The third-order valence-corrected chi connectivity index (χ3v) is 7.12. The van der Waals surface area contributed by atoms with Gasteiger partial charge in [0.05, 0.1) is 11.7 Å². The van der Waals surface area contributed by atoms with E-state index in [0.29, 0.717) is 18.6 Å². The van der Waals surface area contributed by atoms with Gasteiger partial charge in [-0.05, 0) is 25.2 Å². The first kappa shape index (κ1) is 21.2. The van der Waals surface area contributed by atoms with Crippen LogP contribution in [-0.4, -0.2) is 52.3 Å². The molecule has 0 saturated heterocycles. The van der Waals surface area contributed by atoms with Gasteiger partial charge in [-0.25, -0.2) is 0 Å². The van der Waals surface area contributed by atoms with Crippen LogP contribution in [0.1, 0.15) is 53.9 Å². The molecule has 0 unspecified atom stereocenters. The standard InChI is InChI=1S/C22H32O6/c1-6-28-19-13-14(17(26)16(25)12(15(13)24)11(2)10-23)22(5)9-7-8-21(3,4)20(22)18(19)27/h11,18-20,23-24,27H,6-10H2,1-5H3/t11-,18+,19-,20-,22+/m0/s1. The van der Waals surface area contributed by atoms with Crippen molar-refractivity contribution < 1.29 is 29.6 Å². The van der Waals surface area contributed by atoms with Gasteiger partial charge in [0.1, 0.15) is 11.9 Å². The summed E-state index contributed by atoms with van der Waals surface area (Å²) in [6, 6.07) is 0. The predicted molar refractivity (Wildman–Crippen MR) is 104 cm³/mol. The van der Waals surface area contributed by atoms with Crippen molar-refractivity contribution in [3.8, 4) is 0 Å². The monoisotopic (exact) mass is 392 g/mol. The molecular weight excluding hydrogens is 360 g/mol. The van der Waals surface area contributed by atoms with Crippen molar-refractivity contribution in [2.75, 3.05) is 13.2 Å². The van der Waals surface area contributed by atoms with Crippen molar-refractivity contribution in [1.82, 2.24) is 0 Å². The Morgan fingerprint density at radius 3 is 2.39 bits per heavy atom. The van der Waals surface area contributed by atoms with Crippen LogP contribution in [0.5, 0.6) is 0 Å². The van der Waals surface area contributed by atoms with Gasteiger partial charge >= 0.3 is 0 Å². The Morgan fingerprint density at radius 1 is 1.18 bits per heavy atom. The Kier molecular flexibility index (Phi) is 5.36. The normalized spacial score (nSPS) is 36.3. The van der Waals surface area contributed by atoms with Crippen LogP contribution in [0.2, 0.25) is 0 Å². The van der Waals surface area contributed by atoms with Crippen LogP contribution in [-0.2, 0) is 14.3 Å². The number of carbonyl (C=O) groups is 2. The van der Waals surface area contributed by atoms with E-state index in [4.69, 9.17) is 4.74 Å². The fraction of sp³-hybridized carbons (Fsp3) is 0.727. The lowest BCUT2D eigenvalue weighted by molar-refractivity contribution is -0.146. The van der Waals surface area contributed by atoms with Gasteiger partial charge in [-0.3, -0.25) is 9.59 Å². The number of aliphatic hydroxyl groups is 3. The summed E-state index contributed by atoms with van der Waals surface area (Å²) in [5, 5.41) is 31.9. The number of rotatable bonds is 4. The molecule has 28 heavy (non-hydrogen) atoms. The number of ketones is 2. The van der Waals surface area contributed by atoms with Gasteiger partial charge in [-0.2, -0.15) is 0 Å². The molecule has 3 aliphatic rings. The summed E-state index contributed by atoms with van der Waals surface area (Å²) < 4.78 is 5.84. The molecule has 0 aromatic carbocycles. The van der Waals surface area contributed by atoms with Crippen molar-refractivity contribution >= 4 is 11.6 Å². The molecule has 1 saturated carbocycles. The first-order valence-electron chi connectivity index (χ1n) is 10.2. The number of hydrogen-bond acceptors (Lipinski definition) is 6. The maximum absolute atomic E-state index is 13.3. The summed E-state index contributed by atoms with van der Waals surface area (Å²) in [5.74, 6) is -2.65. The minimum atomic E-state index is -0.909. The zero-order valence-corrected chi connectivity index (χ0v) is 17.4. The fourth-order valence-corrected chi connectivity index (χ4v) is 6.03. The van der Waals surface area contributed by atoms with E-state index in [2.05, 4.69) is 13.8 Å². The molecule has 5 atom stereocenters. The highest BCUT2D eigenvalue weighted by atomic mass is 16.5. The fourth-order valence-electron chi connectivity index (χ4n) is 6.03. The minimum Gasteiger partial charge on any atom is -0.507 e. The Labute approximate surface area is 166 Å². The van der Waals surface area contributed by atoms with Gasteiger partial charge in [0.15, 0.2) is 0 Å². The molecule has 0 aromatic rings. The second-order valence-electron chi connectivity index (χ2n) is 9.40. The van der Waals surface area contributed by atoms with Crippen molar-refractivity contribution in [2.24, 2.45) is 22.7 Å². The lowest BCUT2D eigenvalue weighted by atomic mass is 9.47. The van der Waals surface area contributed by atoms with Crippen LogP contribution in [0.15, 0.2) is 22.5 Å². The van der Waals surface area contributed by atoms with Gasteiger partial charge in [0.2, 0.25) is 11.6 Å². The molecule has 0 aliphatic heterocycles. The lowest BCUT2D eigenvalue weighted by Gasteiger charge is -2.58. The quantitative estimate of drug-likeness (QED) is 0.502. The highest BCUT2D eigenvalue weighted by Crippen LogP contribution is 2.61. The van der Waals surface area contributed by atoms with Crippen molar-refractivity contribution in [1.29, 1.82) is 0 Å². The maximum atomic E-state index is 13.3. The topological polar surface area (TPSA) is 104 Å². The molecule has 156 valence electrons. The van der Waals surface area contributed by atoms with Gasteiger partial charge in [0, 0.05) is 41.6 Å². The van der Waals surface area contributed by atoms with Gasteiger partial charge in [-0.15, -0.1) is 0 Å². The number of Topliss-reactive ketones (excluding diaryl/α,β-unsaturated/α-hetero) is 2. The first-order valence-corrected chi connectivity index (χ1v) is 10.2. The first-order chi connectivity index (χ1) is 13.0. The Morgan fingerprint density at radius 2 is 1.82 bits per heavy atom. The molecule has 0 heterocycles.